The SMILES string of the molecule is Cc1cccc(-n2c(SCc3nc(C(=O)NCc4cccc(C(F)(F)F)c4)co3)nnc2-c2ccco2)c1. The summed E-state index contributed by atoms with van der Waals surface area (Å²) in [6, 6.07) is 16.2. The molecule has 38 heavy (non-hydrogen) atoms. The predicted molar refractivity (Wildman–Crippen MR) is 132 cm³/mol. The van der Waals surface area contributed by atoms with Gasteiger partial charge >= 0.3 is 6.18 Å². The minimum atomic E-state index is -4.46. The third-order valence-corrected chi connectivity index (χ3v) is 6.36. The number of rotatable bonds is 8. The number of nitrogens with one attached hydrogen (secondary N) is 1. The maximum absolute atomic E-state index is 12.9. The van der Waals surface area contributed by atoms with Crippen LogP contribution in [-0.4, -0.2) is 25.7 Å². The summed E-state index contributed by atoms with van der Waals surface area (Å²) < 4.78 is 51.6. The Kier molecular flexibility index (Phi) is 7.05. The molecular weight excluding hydrogens is 519 g/mol. The fourth-order valence-electron chi connectivity index (χ4n) is 3.67. The molecule has 0 aliphatic heterocycles. The Morgan fingerprint density at radius 2 is 1.89 bits per heavy atom. The first-order valence-corrected chi connectivity index (χ1v) is 12.3. The summed E-state index contributed by atoms with van der Waals surface area (Å²) in [5.74, 6) is 1.05. The van der Waals surface area contributed by atoms with Gasteiger partial charge in [0.1, 0.15) is 6.26 Å². The number of amides is 1. The molecule has 0 saturated carbocycles. The van der Waals surface area contributed by atoms with Crippen molar-refractivity contribution in [2.24, 2.45) is 0 Å². The molecular formula is C26H20F3N5O3S. The van der Waals surface area contributed by atoms with Gasteiger partial charge in [-0.3, -0.25) is 9.36 Å². The molecule has 12 heteroatoms. The zero-order valence-corrected chi connectivity index (χ0v) is 20.7. The number of oxazole rings is 1. The van der Waals surface area contributed by atoms with Crippen molar-refractivity contribution in [1.82, 2.24) is 25.1 Å². The van der Waals surface area contributed by atoms with E-state index in [-0.39, 0.29) is 23.9 Å². The molecule has 0 bridgehead atoms. The number of alkyl halides is 3. The highest BCUT2D eigenvalue weighted by Gasteiger charge is 2.30. The standard InChI is InChI=1S/C26H20F3N5O3S/c1-16-5-2-8-19(11-16)34-23(21-9-4-10-36-21)32-33-25(34)38-15-22-31-20(14-37-22)24(35)30-13-17-6-3-7-18(12-17)26(27,28)29/h2-12,14H,13,15H2,1H3,(H,30,35). The van der Waals surface area contributed by atoms with Crippen molar-refractivity contribution in [3.63, 3.8) is 0 Å². The van der Waals surface area contributed by atoms with Crippen molar-refractivity contribution in [2.75, 3.05) is 0 Å². The summed E-state index contributed by atoms with van der Waals surface area (Å²) in [6.45, 7) is 1.90. The normalized spacial score (nSPS) is 11.6. The van der Waals surface area contributed by atoms with Crippen molar-refractivity contribution in [2.45, 2.75) is 30.6 Å². The lowest BCUT2D eigenvalue weighted by molar-refractivity contribution is -0.137. The molecule has 3 aromatic heterocycles. The van der Waals surface area contributed by atoms with Crippen LogP contribution in [0, 0.1) is 6.92 Å². The molecule has 0 saturated heterocycles. The van der Waals surface area contributed by atoms with Crippen LogP contribution in [0.2, 0.25) is 0 Å². The number of hydrogen-bond donors (Lipinski definition) is 1. The van der Waals surface area contributed by atoms with Crippen LogP contribution in [0.25, 0.3) is 17.3 Å². The van der Waals surface area contributed by atoms with Gasteiger partial charge in [0.15, 0.2) is 16.6 Å². The molecule has 3 heterocycles. The van der Waals surface area contributed by atoms with E-state index in [2.05, 4.69) is 20.5 Å². The van der Waals surface area contributed by atoms with Crippen LogP contribution < -0.4 is 5.32 Å². The summed E-state index contributed by atoms with van der Waals surface area (Å²) in [7, 11) is 0. The smallest absolute Gasteiger partial charge is 0.416 e. The van der Waals surface area contributed by atoms with E-state index in [9.17, 15) is 18.0 Å². The lowest BCUT2D eigenvalue weighted by Crippen LogP contribution is -2.23. The van der Waals surface area contributed by atoms with E-state index in [1.165, 1.54) is 30.2 Å². The topological polar surface area (TPSA) is 99.0 Å². The molecule has 5 aromatic rings. The Morgan fingerprint density at radius 3 is 2.66 bits per heavy atom. The highest BCUT2D eigenvalue weighted by molar-refractivity contribution is 7.98. The zero-order chi connectivity index (χ0) is 26.7. The van der Waals surface area contributed by atoms with Gasteiger partial charge in [0.2, 0.25) is 11.7 Å². The average Bonchev–Trinajstić information content (AvgIpc) is 3.66. The molecule has 0 atom stereocenters. The summed E-state index contributed by atoms with van der Waals surface area (Å²) in [5.41, 5.74) is 1.47. The summed E-state index contributed by atoms with van der Waals surface area (Å²) in [6.07, 6.45) is -1.69. The third kappa shape index (κ3) is 5.65. The summed E-state index contributed by atoms with van der Waals surface area (Å²) in [5, 5.41) is 11.7. The van der Waals surface area contributed by atoms with Gasteiger partial charge in [-0.2, -0.15) is 13.2 Å². The van der Waals surface area contributed by atoms with E-state index < -0.39 is 17.6 Å². The number of thioether (sulfide) groups is 1. The Labute approximate surface area is 218 Å². The highest BCUT2D eigenvalue weighted by Crippen LogP contribution is 2.31. The lowest BCUT2D eigenvalue weighted by atomic mass is 10.1. The number of benzene rings is 2. The van der Waals surface area contributed by atoms with Gasteiger partial charge in [0.05, 0.1) is 23.3 Å². The second kappa shape index (κ2) is 10.6. The van der Waals surface area contributed by atoms with Crippen LogP contribution >= 0.6 is 11.8 Å². The van der Waals surface area contributed by atoms with Crippen LogP contribution in [0.15, 0.2) is 87.2 Å². The van der Waals surface area contributed by atoms with Crippen molar-refractivity contribution in [3.8, 4) is 17.3 Å². The number of nitrogens with zero attached hydrogens (tertiary/aromatic N) is 4. The number of aryl methyl sites for hydroxylation is 1. The minimum absolute atomic E-state index is 0.0176. The Hall–Kier alpha value is -4.32. The molecule has 0 unspecified atom stereocenters. The van der Waals surface area contributed by atoms with Gasteiger partial charge in [0, 0.05) is 6.54 Å². The first-order valence-electron chi connectivity index (χ1n) is 11.4. The van der Waals surface area contributed by atoms with Gasteiger partial charge in [-0.05, 0) is 54.4 Å². The number of halogens is 3. The number of hydrogen-bond acceptors (Lipinski definition) is 7. The van der Waals surface area contributed by atoms with E-state index in [1.807, 2.05) is 35.8 Å². The van der Waals surface area contributed by atoms with Crippen molar-refractivity contribution < 1.29 is 26.8 Å². The van der Waals surface area contributed by atoms with Gasteiger partial charge in [0.25, 0.3) is 5.91 Å². The highest BCUT2D eigenvalue weighted by atomic mass is 32.2. The Balaban J connectivity index is 1.27. The van der Waals surface area contributed by atoms with E-state index in [0.29, 0.717) is 22.3 Å². The van der Waals surface area contributed by atoms with Gasteiger partial charge < -0.3 is 14.2 Å². The van der Waals surface area contributed by atoms with Crippen molar-refractivity contribution in [3.05, 3.63) is 101 Å². The molecule has 0 aliphatic rings. The number of furan rings is 1. The second-order valence-corrected chi connectivity index (χ2v) is 9.20. The molecule has 0 spiro atoms. The lowest BCUT2D eigenvalue weighted by Gasteiger charge is -2.09. The zero-order valence-electron chi connectivity index (χ0n) is 19.9. The predicted octanol–water partition coefficient (Wildman–Crippen LogP) is 6.06. The van der Waals surface area contributed by atoms with Crippen molar-refractivity contribution >= 4 is 17.7 Å². The average molecular weight is 540 g/mol. The third-order valence-electron chi connectivity index (χ3n) is 5.45. The number of aromatic nitrogens is 4. The molecule has 1 amide bonds. The number of carbonyl (C=O) groups excluding carboxylic acids is 1. The maximum atomic E-state index is 12.9. The molecule has 8 nitrogen and oxygen atoms in total. The molecule has 2 aromatic carbocycles. The van der Waals surface area contributed by atoms with Crippen molar-refractivity contribution in [1.29, 1.82) is 0 Å². The van der Waals surface area contributed by atoms with Crippen LogP contribution in [-0.2, 0) is 18.5 Å². The van der Waals surface area contributed by atoms with Crippen LogP contribution in [0.3, 0.4) is 0 Å². The quantitative estimate of drug-likeness (QED) is 0.239. The Bertz CT molecular complexity index is 1560. The van der Waals surface area contributed by atoms with E-state index >= 15 is 0 Å². The fraction of sp³-hybridized carbons (Fsp3) is 0.154. The number of carbonyl (C=O) groups is 1. The van der Waals surface area contributed by atoms with E-state index in [0.717, 1.165) is 23.4 Å². The van der Waals surface area contributed by atoms with Gasteiger partial charge in [-0.15, -0.1) is 10.2 Å². The van der Waals surface area contributed by atoms with E-state index in [1.54, 1.807) is 18.4 Å². The Morgan fingerprint density at radius 1 is 1.05 bits per heavy atom. The molecule has 0 aliphatic carbocycles. The van der Waals surface area contributed by atoms with Crippen LogP contribution in [0.1, 0.15) is 33.1 Å². The van der Waals surface area contributed by atoms with Gasteiger partial charge in [-0.1, -0.05) is 36.0 Å². The second-order valence-electron chi connectivity index (χ2n) is 8.25. The first kappa shape index (κ1) is 25.3. The minimum Gasteiger partial charge on any atom is -0.461 e. The summed E-state index contributed by atoms with van der Waals surface area (Å²) in [4.78, 5) is 16.7. The maximum Gasteiger partial charge on any atom is 0.416 e. The molecule has 194 valence electrons. The van der Waals surface area contributed by atoms with E-state index in [4.69, 9.17) is 8.83 Å². The first-order chi connectivity index (χ1) is 18.3. The van der Waals surface area contributed by atoms with Crippen LogP contribution in [0.5, 0.6) is 0 Å². The molecule has 0 fully saturated rings. The van der Waals surface area contributed by atoms with Crippen LogP contribution in [0.4, 0.5) is 13.2 Å². The fourth-order valence-corrected chi connectivity index (χ4v) is 4.47. The van der Waals surface area contributed by atoms with Gasteiger partial charge in [-0.25, -0.2) is 4.98 Å². The largest absolute Gasteiger partial charge is 0.461 e. The molecule has 5 rings (SSSR count). The monoisotopic (exact) mass is 539 g/mol. The molecule has 1 N–H and O–H groups in total. The summed E-state index contributed by atoms with van der Waals surface area (Å²) >= 11 is 1.31. The molecule has 0 radical (unpaired) electrons.